The molecule has 1 unspecified atom stereocenters. The van der Waals surface area contributed by atoms with Crippen LogP contribution in [0.3, 0.4) is 0 Å². The third kappa shape index (κ3) is 3.28. The van der Waals surface area contributed by atoms with Gasteiger partial charge in [0.15, 0.2) is 0 Å². The summed E-state index contributed by atoms with van der Waals surface area (Å²) in [5.41, 5.74) is 5.14. The second-order valence-corrected chi connectivity index (χ2v) is 4.71. The first-order valence-electron chi connectivity index (χ1n) is 6.26. The fourth-order valence-electron chi connectivity index (χ4n) is 2.32. The van der Waals surface area contributed by atoms with Gasteiger partial charge in [0.05, 0.1) is 11.0 Å². The van der Waals surface area contributed by atoms with Crippen molar-refractivity contribution in [1.29, 1.82) is 0 Å². The molecule has 1 aromatic rings. The van der Waals surface area contributed by atoms with Gasteiger partial charge in [-0.2, -0.15) is 4.98 Å². The van der Waals surface area contributed by atoms with E-state index in [9.17, 15) is 15.2 Å². The van der Waals surface area contributed by atoms with Gasteiger partial charge in [-0.25, -0.2) is 4.98 Å². The lowest BCUT2D eigenvalue weighted by atomic mass is 10.0. The second-order valence-electron chi connectivity index (χ2n) is 4.71. The van der Waals surface area contributed by atoms with Crippen LogP contribution >= 0.6 is 0 Å². The predicted molar refractivity (Wildman–Crippen MR) is 69.6 cm³/mol. The molecule has 1 aromatic heterocycles. The molecule has 0 aromatic carbocycles. The predicted octanol–water partition coefficient (Wildman–Crippen LogP) is 0.930. The summed E-state index contributed by atoms with van der Waals surface area (Å²) in [5.74, 6) is 0.320. The largest absolute Gasteiger partial charge is 0.391 e. The highest BCUT2D eigenvalue weighted by molar-refractivity contribution is 5.53. The average Bonchev–Trinajstić information content (AvgIpc) is 2.89. The number of anilines is 2. The van der Waals surface area contributed by atoms with Crippen molar-refractivity contribution in [3.05, 3.63) is 16.3 Å². The van der Waals surface area contributed by atoms with Gasteiger partial charge in [-0.1, -0.05) is 12.8 Å². The molecule has 2 rings (SSSR count). The van der Waals surface area contributed by atoms with Crippen LogP contribution in [0.5, 0.6) is 0 Å². The summed E-state index contributed by atoms with van der Waals surface area (Å²) in [7, 11) is 0. The number of nitrogens with two attached hydrogens (primary N) is 1. The van der Waals surface area contributed by atoms with E-state index < -0.39 is 11.0 Å². The Kier molecular flexibility index (Phi) is 4.10. The summed E-state index contributed by atoms with van der Waals surface area (Å²) < 4.78 is 0. The fraction of sp³-hybridized carbons (Fsp3) is 0.636. The quantitative estimate of drug-likeness (QED) is 0.534. The summed E-state index contributed by atoms with van der Waals surface area (Å²) in [6.45, 7) is 0.321. The first kappa shape index (κ1) is 13.5. The number of hydrogen-bond donors (Lipinski definition) is 3. The normalized spacial score (nSPS) is 17.3. The topological polar surface area (TPSA) is 127 Å². The SMILES string of the molecule is Nc1nc(NCC(O)C2CCCC2)ncc1[N+](=O)[O-]. The standard InChI is InChI=1S/C11H17N5O3/c12-10-8(16(18)19)5-13-11(15-10)14-6-9(17)7-3-1-2-4-7/h5,7,9,17H,1-4,6H2,(H3,12,13,14,15). The van der Waals surface area contributed by atoms with Gasteiger partial charge in [0, 0.05) is 6.54 Å². The first-order valence-corrected chi connectivity index (χ1v) is 6.26. The Bertz CT molecular complexity index is 462. The lowest BCUT2D eigenvalue weighted by Gasteiger charge is -2.17. The molecule has 0 aliphatic heterocycles. The van der Waals surface area contributed by atoms with Crippen LogP contribution in [0.4, 0.5) is 17.5 Å². The van der Waals surface area contributed by atoms with E-state index in [1.165, 1.54) is 0 Å². The van der Waals surface area contributed by atoms with E-state index in [4.69, 9.17) is 5.73 Å². The van der Waals surface area contributed by atoms with Crippen LogP contribution in [0, 0.1) is 16.0 Å². The number of nitrogens with one attached hydrogen (secondary N) is 1. The van der Waals surface area contributed by atoms with Crippen molar-refractivity contribution in [3.8, 4) is 0 Å². The molecule has 0 amide bonds. The molecule has 1 atom stereocenters. The van der Waals surface area contributed by atoms with E-state index in [1.807, 2.05) is 0 Å². The minimum Gasteiger partial charge on any atom is -0.391 e. The summed E-state index contributed by atoms with van der Waals surface area (Å²) in [6.07, 6.45) is 4.98. The molecule has 0 radical (unpaired) electrons. The maximum Gasteiger partial charge on any atom is 0.329 e. The van der Waals surface area contributed by atoms with Crippen molar-refractivity contribution in [2.45, 2.75) is 31.8 Å². The zero-order valence-electron chi connectivity index (χ0n) is 10.5. The highest BCUT2D eigenvalue weighted by atomic mass is 16.6. The van der Waals surface area contributed by atoms with E-state index in [0.717, 1.165) is 31.9 Å². The van der Waals surface area contributed by atoms with Crippen molar-refractivity contribution in [3.63, 3.8) is 0 Å². The first-order chi connectivity index (χ1) is 9.08. The van der Waals surface area contributed by atoms with Crippen molar-refractivity contribution in [1.82, 2.24) is 9.97 Å². The van der Waals surface area contributed by atoms with Crippen LogP contribution < -0.4 is 11.1 Å². The monoisotopic (exact) mass is 267 g/mol. The molecule has 1 aliphatic rings. The number of nitrogen functional groups attached to an aromatic ring is 1. The van der Waals surface area contributed by atoms with E-state index in [1.54, 1.807) is 0 Å². The Balaban J connectivity index is 1.92. The van der Waals surface area contributed by atoms with E-state index in [0.29, 0.717) is 12.5 Å². The number of aliphatic hydroxyl groups excluding tert-OH is 1. The Hall–Kier alpha value is -1.96. The zero-order chi connectivity index (χ0) is 13.8. The highest BCUT2D eigenvalue weighted by Crippen LogP contribution is 2.27. The summed E-state index contributed by atoms with van der Waals surface area (Å²) in [5, 5.41) is 23.4. The molecule has 19 heavy (non-hydrogen) atoms. The zero-order valence-corrected chi connectivity index (χ0v) is 10.5. The van der Waals surface area contributed by atoms with Gasteiger partial charge in [-0.3, -0.25) is 10.1 Å². The summed E-state index contributed by atoms with van der Waals surface area (Å²) >= 11 is 0. The molecule has 4 N–H and O–H groups in total. The van der Waals surface area contributed by atoms with Crippen LogP contribution in [0.2, 0.25) is 0 Å². The molecule has 1 heterocycles. The molecular formula is C11H17N5O3. The molecule has 1 fully saturated rings. The molecule has 0 bridgehead atoms. The van der Waals surface area contributed by atoms with Crippen LogP contribution in [0.15, 0.2) is 6.20 Å². The fourth-order valence-corrected chi connectivity index (χ4v) is 2.32. The minimum absolute atomic E-state index is 0.183. The third-order valence-corrected chi connectivity index (χ3v) is 3.41. The van der Waals surface area contributed by atoms with Crippen LogP contribution in [0.25, 0.3) is 0 Å². The highest BCUT2D eigenvalue weighted by Gasteiger charge is 2.23. The van der Waals surface area contributed by atoms with Gasteiger partial charge in [-0.15, -0.1) is 0 Å². The lowest BCUT2D eigenvalue weighted by molar-refractivity contribution is -0.384. The Morgan fingerprint density at radius 3 is 2.84 bits per heavy atom. The molecule has 0 saturated heterocycles. The van der Waals surface area contributed by atoms with Crippen LogP contribution in [-0.2, 0) is 0 Å². The number of hydrogen-bond acceptors (Lipinski definition) is 7. The van der Waals surface area contributed by atoms with E-state index in [-0.39, 0.29) is 17.5 Å². The van der Waals surface area contributed by atoms with Gasteiger partial charge in [0.1, 0.15) is 6.20 Å². The Labute approximate surface area is 110 Å². The maximum absolute atomic E-state index is 10.6. The average molecular weight is 267 g/mol. The number of rotatable bonds is 5. The van der Waals surface area contributed by atoms with Crippen molar-refractivity contribution in [2.75, 3.05) is 17.6 Å². The summed E-state index contributed by atoms with van der Waals surface area (Å²) in [6, 6.07) is 0. The van der Waals surface area contributed by atoms with Crippen LogP contribution in [0.1, 0.15) is 25.7 Å². The number of aromatic nitrogens is 2. The smallest absolute Gasteiger partial charge is 0.329 e. The Morgan fingerprint density at radius 1 is 1.58 bits per heavy atom. The molecule has 1 aliphatic carbocycles. The van der Waals surface area contributed by atoms with Gasteiger partial charge in [0.2, 0.25) is 11.8 Å². The van der Waals surface area contributed by atoms with E-state index in [2.05, 4.69) is 15.3 Å². The van der Waals surface area contributed by atoms with Gasteiger partial charge in [-0.05, 0) is 18.8 Å². The van der Waals surface area contributed by atoms with Gasteiger partial charge < -0.3 is 16.2 Å². The van der Waals surface area contributed by atoms with Gasteiger partial charge in [0.25, 0.3) is 0 Å². The number of nitrogens with zero attached hydrogens (tertiary/aromatic N) is 3. The third-order valence-electron chi connectivity index (χ3n) is 3.41. The maximum atomic E-state index is 10.6. The number of nitro groups is 1. The molecule has 0 spiro atoms. The van der Waals surface area contributed by atoms with E-state index >= 15 is 0 Å². The number of aliphatic hydroxyl groups is 1. The van der Waals surface area contributed by atoms with Crippen molar-refractivity contribution >= 4 is 17.5 Å². The second kappa shape index (κ2) is 5.79. The molecule has 8 nitrogen and oxygen atoms in total. The molecule has 104 valence electrons. The minimum atomic E-state index is -0.632. The summed E-state index contributed by atoms with van der Waals surface area (Å²) in [4.78, 5) is 17.5. The molecule has 1 saturated carbocycles. The molecular weight excluding hydrogens is 250 g/mol. The van der Waals surface area contributed by atoms with Crippen molar-refractivity contribution < 1.29 is 10.0 Å². The Morgan fingerprint density at radius 2 is 2.26 bits per heavy atom. The van der Waals surface area contributed by atoms with Crippen molar-refractivity contribution in [2.24, 2.45) is 5.92 Å². The molecule has 8 heteroatoms. The van der Waals surface area contributed by atoms with Crippen LogP contribution in [-0.4, -0.2) is 32.6 Å². The lowest BCUT2D eigenvalue weighted by Crippen LogP contribution is -2.27. The van der Waals surface area contributed by atoms with Gasteiger partial charge >= 0.3 is 5.69 Å².